The summed E-state index contributed by atoms with van der Waals surface area (Å²) in [6, 6.07) is 0.146. The molecule has 2 aliphatic rings. The highest BCUT2D eigenvalue weighted by atomic mass is 19.4. The van der Waals surface area contributed by atoms with Crippen LogP contribution < -0.4 is 5.69 Å². The molecule has 0 aliphatic carbocycles. The number of halogens is 4. The van der Waals surface area contributed by atoms with E-state index in [1.165, 1.54) is 14.1 Å². The van der Waals surface area contributed by atoms with Crippen molar-refractivity contribution in [2.75, 3.05) is 13.1 Å². The fourth-order valence-corrected chi connectivity index (χ4v) is 3.83. The van der Waals surface area contributed by atoms with Crippen molar-refractivity contribution in [1.82, 2.24) is 29.0 Å². The van der Waals surface area contributed by atoms with E-state index in [1.807, 2.05) is 0 Å². The second kappa shape index (κ2) is 6.99. The van der Waals surface area contributed by atoms with Crippen molar-refractivity contribution in [1.29, 1.82) is 0 Å². The summed E-state index contributed by atoms with van der Waals surface area (Å²) in [5.41, 5.74) is -1.39. The Bertz CT molecular complexity index is 985. The van der Waals surface area contributed by atoms with Gasteiger partial charge in [-0.25, -0.2) is 13.9 Å². The van der Waals surface area contributed by atoms with E-state index in [9.17, 15) is 27.2 Å². The van der Waals surface area contributed by atoms with E-state index in [1.54, 1.807) is 6.92 Å². The molecular weight excluding hydrogens is 396 g/mol. The summed E-state index contributed by atoms with van der Waals surface area (Å²) in [5.74, 6) is 0.0926. The Hall–Kier alpha value is -2.66. The van der Waals surface area contributed by atoms with Crippen LogP contribution in [0, 0.1) is 0 Å². The molecule has 0 unspecified atom stereocenters. The molecule has 4 rings (SSSR count). The predicted octanol–water partition coefficient (Wildman–Crippen LogP) is 1.39. The number of amides is 1. The van der Waals surface area contributed by atoms with Crippen LogP contribution in [0.2, 0.25) is 0 Å². The maximum Gasteiger partial charge on any atom is 0.435 e. The van der Waals surface area contributed by atoms with Crippen molar-refractivity contribution in [3.63, 3.8) is 0 Å². The maximum atomic E-state index is 13.1. The molecular formula is C17H20F4N6O2. The third-order valence-corrected chi connectivity index (χ3v) is 5.33. The zero-order valence-electron chi connectivity index (χ0n) is 15.7. The van der Waals surface area contributed by atoms with Crippen LogP contribution in [0.1, 0.15) is 43.0 Å². The number of fused-ring (bicyclic) bond motifs is 1. The van der Waals surface area contributed by atoms with E-state index in [2.05, 4.69) is 10.2 Å². The first-order valence-corrected chi connectivity index (χ1v) is 9.44. The van der Waals surface area contributed by atoms with Crippen LogP contribution in [-0.4, -0.2) is 54.2 Å². The molecule has 0 N–H and O–H groups in total. The lowest BCUT2D eigenvalue weighted by Crippen LogP contribution is -2.54. The minimum Gasteiger partial charge on any atom is -0.335 e. The lowest BCUT2D eigenvalue weighted by atomic mass is 10.0. The van der Waals surface area contributed by atoms with E-state index in [4.69, 9.17) is 0 Å². The summed E-state index contributed by atoms with van der Waals surface area (Å²) >= 11 is 0. The quantitative estimate of drug-likeness (QED) is 0.706. The van der Waals surface area contributed by atoms with Gasteiger partial charge in [0.1, 0.15) is 18.0 Å². The van der Waals surface area contributed by atoms with Crippen molar-refractivity contribution in [3.05, 3.63) is 33.8 Å². The smallest absolute Gasteiger partial charge is 0.335 e. The number of aromatic nitrogens is 5. The molecule has 1 fully saturated rings. The SMILES string of the molecule is CCn1nc(C(F)(F)F)cc1Cn1nc2n(c1=O)[C@H](C(=O)N1CC(F)C1)CCC2. The van der Waals surface area contributed by atoms with Crippen molar-refractivity contribution in [2.45, 2.75) is 57.7 Å². The number of aryl methyl sites for hydroxylation is 2. The highest BCUT2D eigenvalue weighted by molar-refractivity contribution is 5.81. The summed E-state index contributed by atoms with van der Waals surface area (Å²) in [6.45, 7) is 1.70. The summed E-state index contributed by atoms with van der Waals surface area (Å²) in [7, 11) is 0. The molecule has 0 bridgehead atoms. The Labute approximate surface area is 162 Å². The highest BCUT2D eigenvalue weighted by Gasteiger charge is 2.39. The number of nitrogens with zero attached hydrogens (tertiary/aromatic N) is 6. The van der Waals surface area contributed by atoms with E-state index in [0.29, 0.717) is 25.1 Å². The molecule has 0 saturated carbocycles. The van der Waals surface area contributed by atoms with Crippen molar-refractivity contribution >= 4 is 5.91 Å². The number of alkyl halides is 4. The van der Waals surface area contributed by atoms with Gasteiger partial charge in [-0.05, 0) is 25.8 Å². The molecule has 1 saturated heterocycles. The molecule has 29 heavy (non-hydrogen) atoms. The Morgan fingerprint density at radius 1 is 1.24 bits per heavy atom. The summed E-state index contributed by atoms with van der Waals surface area (Å²) < 4.78 is 55.6. The average Bonchev–Trinajstić information content (AvgIpc) is 3.20. The van der Waals surface area contributed by atoms with Crippen LogP contribution in [0.3, 0.4) is 0 Å². The number of carbonyl (C=O) groups is 1. The molecule has 0 spiro atoms. The molecule has 2 aromatic heterocycles. The summed E-state index contributed by atoms with van der Waals surface area (Å²) in [4.78, 5) is 26.9. The van der Waals surface area contributed by atoms with Gasteiger partial charge in [0.05, 0.1) is 25.3 Å². The third kappa shape index (κ3) is 3.44. The number of rotatable bonds is 4. The molecule has 0 aromatic carbocycles. The minimum absolute atomic E-state index is 0.0173. The van der Waals surface area contributed by atoms with Gasteiger partial charge in [-0.1, -0.05) is 0 Å². The lowest BCUT2D eigenvalue weighted by molar-refractivity contribution is -0.143. The molecule has 2 aromatic rings. The summed E-state index contributed by atoms with van der Waals surface area (Å²) in [5, 5.41) is 7.79. The Morgan fingerprint density at radius 3 is 2.59 bits per heavy atom. The van der Waals surface area contributed by atoms with Crippen LogP contribution in [-0.2, 0) is 30.5 Å². The van der Waals surface area contributed by atoms with Gasteiger partial charge in [-0.2, -0.15) is 23.4 Å². The first-order chi connectivity index (χ1) is 13.7. The minimum atomic E-state index is -4.59. The van der Waals surface area contributed by atoms with E-state index in [-0.39, 0.29) is 37.8 Å². The second-order valence-electron chi connectivity index (χ2n) is 7.31. The van der Waals surface area contributed by atoms with Gasteiger partial charge < -0.3 is 4.90 Å². The molecule has 2 aliphatic heterocycles. The molecule has 4 heterocycles. The first kappa shape index (κ1) is 19.6. The van der Waals surface area contributed by atoms with Gasteiger partial charge in [0.15, 0.2) is 5.69 Å². The van der Waals surface area contributed by atoms with Crippen molar-refractivity contribution in [3.8, 4) is 0 Å². The first-order valence-electron chi connectivity index (χ1n) is 9.44. The lowest BCUT2D eigenvalue weighted by Gasteiger charge is -2.37. The van der Waals surface area contributed by atoms with Gasteiger partial charge in [-0.15, -0.1) is 0 Å². The fourth-order valence-electron chi connectivity index (χ4n) is 3.83. The van der Waals surface area contributed by atoms with Gasteiger partial charge in [0.25, 0.3) is 0 Å². The monoisotopic (exact) mass is 416 g/mol. The molecule has 8 nitrogen and oxygen atoms in total. The van der Waals surface area contributed by atoms with E-state index >= 15 is 0 Å². The number of hydrogen-bond acceptors (Lipinski definition) is 4. The largest absolute Gasteiger partial charge is 0.435 e. The van der Waals surface area contributed by atoms with Crippen LogP contribution in [0.15, 0.2) is 10.9 Å². The molecule has 158 valence electrons. The van der Waals surface area contributed by atoms with Crippen LogP contribution in [0.4, 0.5) is 17.6 Å². The van der Waals surface area contributed by atoms with Gasteiger partial charge >= 0.3 is 11.9 Å². The van der Waals surface area contributed by atoms with Crippen LogP contribution >= 0.6 is 0 Å². The Kier molecular flexibility index (Phi) is 4.74. The third-order valence-electron chi connectivity index (χ3n) is 5.33. The van der Waals surface area contributed by atoms with Gasteiger partial charge in [0, 0.05) is 13.0 Å². The molecule has 1 amide bonds. The molecule has 12 heteroatoms. The second-order valence-corrected chi connectivity index (χ2v) is 7.31. The average molecular weight is 416 g/mol. The Balaban J connectivity index is 1.64. The molecule has 1 atom stereocenters. The van der Waals surface area contributed by atoms with Gasteiger partial charge in [-0.3, -0.25) is 14.0 Å². The number of hydrogen-bond donors (Lipinski definition) is 0. The van der Waals surface area contributed by atoms with E-state index in [0.717, 1.165) is 10.7 Å². The van der Waals surface area contributed by atoms with E-state index < -0.39 is 29.8 Å². The topological polar surface area (TPSA) is 78.0 Å². The zero-order chi connectivity index (χ0) is 20.9. The molecule has 0 radical (unpaired) electrons. The zero-order valence-corrected chi connectivity index (χ0v) is 15.7. The van der Waals surface area contributed by atoms with Crippen molar-refractivity contribution in [2.24, 2.45) is 0 Å². The Morgan fingerprint density at radius 2 is 1.97 bits per heavy atom. The van der Waals surface area contributed by atoms with Gasteiger partial charge in [0.2, 0.25) is 5.91 Å². The van der Waals surface area contributed by atoms with Crippen LogP contribution in [0.25, 0.3) is 0 Å². The predicted molar refractivity (Wildman–Crippen MR) is 91.9 cm³/mol. The standard InChI is InChI=1S/C17H20F4N6O2/c1-2-25-11(6-13(22-25)17(19,20)21)9-26-16(29)27-12(4-3-5-14(27)23-26)15(28)24-7-10(18)8-24/h6,10,12H,2-5,7-9H2,1H3/t12-/m0/s1. The highest BCUT2D eigenvalue weighted by Crippen LogP contribution is 2.29. The normalized spacial score (nSPS) is 19.9. The fraction of sp³-hybridized carbons (Fsp3) is 0.647. The number of carbonyl (C=O) groups excluding carboxylic acids is 1. The summed E-state index contributed by atoms with van der Waals surface area (Å²) in [6.07, 6.45) is -4.06. The number of likely N-dealkylation sites (tertiary alicyclic amines) is 1. The van der Waals surface area contributed by atoms with Crippen LogP contribution in [0.5, 0.6) is 0 Å². The van der Waals surface area contributed by atoms with Crippen molar-refractivity contribution < 1.29 is 22.4 Å². The maximum absolute atomic E-state index is 13.1.